The molecule has 6 heteroatoms. The molecule has 0 unspecified atom stereocenters. The highest BCUT2D eigenvalue weighted by Gasteiger charge is 2.30. The van der Waals surface area contributed by atoms with Crippen LogP contribution in [0.4, 0.5) is 5.69 Å². The Morgan fingerprint density at radius 1 is 1.37 bits per heavy atom. The maximum Gasteiger partial charge on any atom is 0.268 e. The number of halogens is 1. The van der Waals surface area contributed by atoms with Gasteiger partial charge in [0.05, 0.1) is 6.20 Å². The van der Waals surface area contributed by atoms with Crippen LogP contribution in [0.1, 0.15) is 13.8 Å². The fourth-order valence-corrected chi connectivity index (χ4v) is 1.52. The SMILES string of the molecule is CC(C)(Oc1ccc(Cl)cc1)C(=O)Nc1cnoc1. The van der Waals surface area contributed by atoms with E-state index in [0.717, 1.165) is 0 Å². The summed E-state index contributed by atoms with van der Waals surface area (Å²) in [6.07, 6.45) is 2.76. The standard InChI is InChI=1S/C13H13ClN2O3/c1-13(2,12(17)16-10-7-15-18-8-10)19-11-5-3-9(14)4-6-11/h3-8H,1-2H3,(H,16,17). The third-order valence-electron chi connectivity index (χ3n) is 2.42. The highest BCUT2D eigenvalue weighted by atomic mass is 35.5. The van der Waals surface area contributed by atoms with E-state index in [4.69, 9.17) is 16.3 Å². The summed E-state index contributed by atoms with van der Waals surface area (Å²) in [6.45, 7) is 3.34. The molecule has 19 heavy (non-hydrogen) atoms. The van der Waals surface area contributed by atoms with Crippen LogP contribution in [0.2, 0.25) is 5.02 Å². The molecule has 0 bridgehead atoms. The molecule has 1 aromatic carbocycles. The fraction of sp³-hybridized carbons (Fsp3) is 0.231. The van der Waals surface area contributed by atoms with Crippen LogP contribution in [0, 0.1) is 0 Å². The number of ether oxygens (including phenoxy) is 1. The minimum atomic E-state index is -1.04. The molecule has 1 amide bonds. The lowest BCUT2D eigenvalue weighted by molar-refractivity contribution is -0.128. The summed E-state index contributed by atoms with van der Waals surface area (Å²) in [5.74, 6) is 0.264. The van der Waals surface area contributed by atoms with Crippen molar-refractivity contribution in [3.63, 3.8) is 0 Å². The van der Waals surface area contributed by atoms with Gasteiger partial charge >= 0.3 is 0 Å². The maximum absolute atomic E-state index is 12.1. The fourth-order valence-electron chi connectivity index (χ4n) is 1.39. The molecule has 100 valence electrons. The molecule has 0 fully saturated rings. The number of hydrogen-bond donors (Lipinski definition) is 1. The van der Waals surface area contributed by atoms with Crippen LogP contribution in [0.5, 0.6) is 5.75 Å². The maximum atomic E-state index is 12.1. The van der Waals surface area contributed by atoms with E-state index in [1.165, 1.54) is 12.5 Å². The lowest BCUT2D eigenvalue weighted by atomic mass is 10.1. The van der Waals surface area contributed by atoms with Gasteiger partial charge in [-0.3, -0.25) is 4.79 Å². The van der Waals surface area contributed by atoms with E-state index < -0.39 is 5.60 Å². The normalized spacial score (nSPS) is 11.1. The monoisotopic (exact) mass is 280 g/mol. The second-order valence-corrected chi connectivity index (χ2v) is 4.87. The van der Waals surface area contributed by atoms with E-state index in [1.54, 1.807) is 38.1 Å². The summed E-state index contributed by atoms with van der Waals surface area (Å²) in [5.41, 5.74) is -0.553. The largest absolute Gasteiger partial charge is 0.478 e. The van der Waals surface area contributed by atoms with Gasteiger partial charge in [0, 0.05) is 5.02 Å². The van der Waals surface area contributed by atoms with Gasteiger partial charge < -0.3 is 14.6 Å². The summed E-state index contributed by atoms with van der Waals surface area (Å²) in [4.78, 5) is 12.1. The van der Waals surface area contributed by atoms with Gasteiger partial charge in [0.15, 0.2) is 5.60 Å². The van der Waals surface area contributed by atoms with Gasteiger partial charge in [0.25, 0.3) is 5.91 Å². The molecule has 2 aromatic rings. The molecule has 2 rings (SSSR count). The minimum absolute atomic E-state index is 0.300. The summed E-state index contributed by atoms with van der Waals surface area (Å²) in [7, 11) is 0. The Bertz CT molecular complexity index is 550. The topological polar surface area (TPSA) is 64.4 Å². The van der Waals surface area contributed by atoms with Crippen LogP contribution < -0.4 is 10.1 Å². The first-order chi connectivity index (χ1) is 8.97. The lowest BCUT2D eigenvalue weighted by Crippen LogP contribution is -2.42. The number of nitrogens with zero attached hydrogens (tertiary/aromatic N) is 1. The van der Waals surface area contributed by atoms with Crippen molar-refractivity contribution in [2.45, 2.75) is 19.4 Å². The van der Waals surface area contributed by atoms with Crippen LogP contribution in [0.15, 0.2) is 41.2 Å². The Morgan fingerprint density at radius 2 is 2.05 bits per heavy atom. The number of aromatic nitrogens is 1. The molecule has 0 atom stereocenters. The third kappa shape index (κ3) is 3.48. The van der Waals surface area contributed by atoms with Gasteiger partial charge in [-0.25, -0.2) is 0 Å². The molecule has 0 saturated heterocycles. The van der Waals surface area contributed by atoms with E-state index in [2.05, 4.69) is 15.0 Å². The van der Waals surface area contributed by atoms with Gasteiger partial charge in [-0.2, -0.15) is 0 Å². The first-order valence-corrected chi connectivity index (χ1v) is 6.00. The van der Waals surface area contributed by atoms with E-state index in [1.807, 2.05) is 0 Å². The zero-order chi connectivity index (χ0) is 13.9. The average molecular weight is 281 g/mol. The molecule has 5 nitrogen and oxygen atoms in total. The third-order valence-corrected chi connectivity index (χ3v) is 2.68. The number of carbonyl (C=O) groups is 1. The Kier molecular flexibility index (Phi) is 3.76. The first kappa shape index (κ1) is 13.4. The Morgan fingerprint density at radius 3 is 2.63 bits per heavy atom. The average Bonchev–Trinajstić information content (AvgIpc) is 2.84. The molecule has 1 heterocycles. The minimum Gasteiger partial charge on any atom is -0.478 e. The number of amides is 1. The van der Waals surface area contributed by atoms with Crippen LogP contribution in [0.25, 0.3) is 0 Å². The van der Waals surface area contributed by atoms with Crippen LogP contribution in [0.3, 0.4) is 0 Å². The molecule has 1 N–H and O–H groups in total. The van der Waals surface area contributed by atoms with Crippen molar-refractivity contribution in [2.24, 2.45) is 0 Å². The summed E-state index contributed by atoms with van der Waals surface area (Å²) >= 11 is 5.79. The van der Waals surface area contributed by atoms with Crippen molar-refractivity contribution in [3.05, 3.63) is 41.7 Å². The smallest absolute Gasteiger partial charge is 0.268 e. The Labute approximate surface area is 115 Å². The molecule has 1 aromatic heterocycles. The molecular formula is C13H13ClN2O3. The number of anilines is 1. The molecule has 0 aliphatic heterocycles. The molecule has 0 aliphatic rings. The second kappa shape index (κ2) is 5.32. The molecule has 0 radical (unpaired) electrons. The predicted molar refractivity (Wildman–Crippen MR) is 71.3 cm³/mol. The summed E-state index contributed by atoms with van der Waals surface area (Å²) in [6, 6.07) is 6.81. The number of carbonyl (C=O) groups excluding carboxylic acids is 1. The lowest BCUT2D eigenvalue weighted by Gasteiger charge is -2.24. The zero-order valence-corrected chi connectivity index (χ0v) is 11.3. The van der Waals surface area contributed by atoms with Crippen LogP contribution >= 0.6 is 11.6 Å². The van der Waals surface area contributed by atoms with Gasteiger partial charge in [0.2, 0.25) is 0 Å². The van der Waals surface area contributed by atoms with E-state index in [9.17, 15) is 4.79 Å². The first-order valence-electron chi connectivity index (χ1n) is 5.63. The van der Waals surface area contributed by atoms with Gasteiger partial charge in [-0.05, 0) is 38.1 Å². The zero-order valence-electron chi connectivity index (χ0n) is 10.5. The predicted octanol–water partition coefficient (Wildman–Crippen LogP) is 3.12. The van der Waals surface area contributed by atoms with Crippen LogP contribution in [-0.4, -0.2) is 16.7 Å². The molecule has 0 saturated carbocycles. The Balaban J connectivity index is 2.04. The van der Waals surface area contributed by atoms with Crippen molar-refractivity contribution in [2.75, 3.05) is 5.32 Å². The highest BCUT2D eigenvalue weighted by molar-refractivity contribution is 6.30. The van der Waals surface area contributed by atoms with Crippen molar-refractivity contribution < 1.29 is 14.1 Å². The Hall–Kier alpha value is -2.01. The summed E-state index contributed by atoms with van der Waals surface area (Å²) in [5, 5.41) is 6.76. The van der Waals surface area contributed by atoms with Crippen molar-refractivity contribution in [3.8, 4) is 5.75 Å². The molecule has 0 spiro atoms. The number of hydrogen-bond acceptors (Lipinski definition) is 4. The number of nitrogens with one attached hydrogen (secondary N) is 1. The molecule has 0 aliphatic carbocycles. The highest BCUT2D eigenvalue weighted by Crippen LogP contribution is 2.22. The van der Waals surface area contributed by atoms with E-state index in [0.29, 0.717) is 16.5 Å². The van der Waals surface area contributed by atoms with E-state index in [-0.39, 0.29) is 5.91 Å². The summed E-state index contributed by atoms with van der Waals surface area (Å²) < 4.78 is 10.3. The quantitative estimate of drug-likeness (QED) is 0.934. The van der Waals surface area contributed by atoms with Gasteiger partial charge in [0.1, 0.15) is 17.7 Å². The van der Waals surface area contributed by atoms with E-state index >= 15 is 0 Å². The second-order valence-electron chi connectivity index (χ2n) is 4.43. The van der Waals surface area contributed by atoms with Crippen molar-refractivity contribution >= 4 is 23.2 Å². The van der Waals surface area contributed by atoms with Gasteiger partial charge in [-0.15, -0.1) is 0 Å². The van der Waals surface area contributed by atoms with Crippen molar-refractivity contribution in [1.29, 1.82) is 0 Å². The van der Waals surface area contributed by atoms with Crippen LogP contribution in [-0.2, 0) is 4.79 Å². The van der Waals surface area contributed by atoms with Gasteiger partial charge in [-0.1, -0.05) is 16.8 Å². The number of benzene rings is 1. The number of rotatable bonds is 4. The molecular weight excluding hydrogens is 268 g/mol. The van der Waals surface area contributed by atoms with Crippen molar-refractivity contribution in [1.82, 2.24) is 5.16 Å².